The summed E-state index contributed by atoms with van der Waals surface area (Å²) in [7, 11) is 0. The van der Waals surface area contributed by atoms with Crippen LogP contribution >= 0.6 is 0 Å². The molecule has 3 aliphatic rings. The van der Waals surface area contributed by atoms with Crippen molar-refractivity contribution in [3.63, 3.8) is 0 Å². The van der Waals surface area contributed by atoms with Crippen LogP contribution in [-0.4, -0.2) is 39.4 Å². The van der Waals surface area contributed by atoms with Gasteiger partial charge in [0.25, 0.3) is 0 Å². The molecule has 2 saturated carbocycles. The standard InChI is InChI=1S/C18H26N4O2/c1-11-7-15(11)18(24)22-6-5-21-10-14(20-17(21)12(22)2)8-16(23)19-9-13-3-4-13/h10-13,15H,3-9H2,1-2H3,(H,19,23)/t11-,12-,15+/m1/s1. The van der Waals surface area contributed by atoms with Crippen molar-refractivity contribution < 1.29 is 9.59 Å². The Morgan fingerprint density at radius 3 is 2.71 bits per heavy atom. The number of rotatable bonds is 5. The van der Waals surface area contributed by atoms with Gasteiger partial charge < -0.3 is 14.8 Å². The van der Waals surface area contributed by atoms with Gasteiger partial charge in [0.15, 0.2) is 0 Å². The van der Waals surface area contributed by atoms with Gasteiger partial charge in [0.2, 0.25) is 11.8 Å². The van der Waals surface area contributed by atoms with Gasteiger partial charge in [-0.1, -0.05) is 6.92 Å². The molecule has 2 amide bonds. The molecule has 0 unspecified atom stereocenters. The summed E-state index contributed by atoms with van der Waals surface area (Å²) >= 11 is 0. The number of nitrogens with zero attached hydrogens (tertiary/aromatic N) is 3. The monoisotopic (exact) mass is 330 g/mol. The van der Waals surface area contributed by atoms with E-state index in [1.54, 1.807) is 0 Å². The Morgan fingerprint density at radius 1 is 1.29 bits per heavy atom. The molecule has 1 aromatic heterocycles. The second kappa shape index (κ2) is 5.90. The first-order valence-electron chi connectivity index (χ1n) is 9.16. The third kappa shape index (κ3) is 3.06. The minimum absolute atomic E-state index is 0.0117. The molecule has 4 rings (SSSR count). The van der Waals surface area contributed by atoms with E-state index in [2.05, 4.69) is 21.8 Å². The fourth-order valence-corrected chi connectivity index (χ4v) is 3.62. The lowest BCUT2D eigenvalue weighted by molar-refractivity contribution is -0.136. The molecule has 2 fully saturated rings. The highest BCUT2D eigenvalue weighted by Crippen LogP contribution is 2.41. The molecule has 1 aromatic rings. The first kappa shape index (κ1) is 15.7. The largest absolute Gasteiger partial charge is 0.355 e. The van der Waals surface area contributed by atoms with Crippen molar-refractivity contribution in [2.45, 2.75) is 52.1 Å². The molecular formula is C18H26N4O2. The zero-order valence-corrected chi connectivity index (χ0v) is 14.5. The van der Waals surface area contributed by atoms with E-state index < -0.39 is 0 Å². The van der Waals surface area contributed by atoms with Gasteiger partial charge in [0.1, 0.15) is 5.82 Å². The molecule has 0 bridgehead atoms. The van der Waals surface area contributed by atoms with Crippen molar-refractivity contribution in [1.82, 2.24) is 19.8 Å². The lowest BCUT2D eigenvalue weighted by atomic mass is 10.1. The number of carbonyl (C=O) groups is 2. The number of hydrogen-bond acceptors (Lipinski definition) is 3. The molecule has 0 spiro atoms. The first-order valence-corrected chi connectivity index (χ1v) is 9.16. The summed E-state index contributed by atoms with van der Waals surface area (Å²) in [6.45, 7) is 6.48. The van der Waals surface area contributed by atoms with E-state index >= 15 is 0 Å². The number of hydrogen-bond donors (Lipinski definition) is 1. The Kier molecular flexibility index (Phi) is 3.85. The predicted octanol–water partition coefficient (Wildman–Crippen LogP) is 1.51. The number of aromatic nitrogens is 2. The van der Waals surface area contributed by atoms with Gasteiger partial charge in [0.05, 0.1) is 18.2 Å². The Labute approximate surface area is 142 Å². The van der Waals surface area contributed by atoms with E-state index in [1.807, 2.05) is 18.0 Å². The molecular weight excluding hydrogens is 304 g/mol. The van der Waals surface area contributed by atoms with Gasteiger partial charge in [-0.3, -0.25) is 9.59 Å². The smallest absolute Gasteiger partial charge is 0.226 e. The maximum absolute atomic E-state index is 12.6. The third-order valence-electron chi connectivity index (χ3n) is 5.62. The second-order valence-electron chi connectivity index (χ2n) is 7.74. The van der Waals surface area contributed by atoms with Gasteiger partial charge >= 0.3 is 0 Å². The Hall–Kier alpha value is -1.85. The van der Waals surface area contributed by atoms with Crippen LogP contribution in [0.15, 0.2) is 6.20 Å². The fourth-order valence-electron chi connectivity index (χ4n) is 3.62. The SMILES string of the molecule is C[C@@H]1C[C@@H]1C(=O)N1CCn2cc(CC(=O)NCC3CC3)nc2[C@H]1C. The topological polar surface area (TPSA) is 67.2 Å². The maximum atomic E-state index is 12.6. The molecule has 0 aromatic carbocycles. The van der Waals surface area contributed by atoms with Crippen LogP contribution in [0, 0.1) is 17.8 Å². The van der Waals surface area contributed by atoms with Crippen LogP contribution in [-0.2, 0) is 22.6 Å². The molecule has 0 saturated heterocycles. The normalized spacial score (nSPS) is 28.4. The van der Waals surface area contributed by atoms with Crippen LogP contribution in [0.3, 0.4) is 0 Å². The summed E-state index contributed by atoms with van der Waals surface area (Å²) in [6.07, 6.45) is 5.79. The summed E-state index contributed by atoms with van der Waals surface area (Å²) in [5.74, 6) is 2.65. The van der Waals surface area contributed by atoms with Crippen molar-refractivity contribution >= 4 is 11.8 Å². The minimum atomic E-state index is -0.0117. The highest BCUT2D eigenvalue weighted by molar-refractivity contribution is 5.82. The van der Waals surface area contributed by atoms with Gasteiger partial charge in [0, 0.05) is 31.7 Å². The fraction of sp³-hybridized carbons (Fsp3) is 0.722. The van der Waals surface area contributed by atoms with Crippen LogP contribution in [0.5, 0.6) is 0 Å². The van der Waals surface area contributed by atoms with Crippen molar-refractivity contribution in [2.24, 2.45) is 17.8 Å². The molecule has 1 aliphatic heterocycles. The summed E-state index contributed by atoms with van der Waals surface area (Å²) in [5.41, 5.74) is 0.805. The molecule has 3 atom stereocenters. The predicted molar refractivity (Wildman–Crippen MR) is 89.1 cm³/mol. The average molecular weight is 330 g/mol. The van der Waals surface area contributed by atoms with Gasteiger partial charge in [-0.05, 0) is 38.0 Å². The molecule has 2 heterocycles. The molecule has 6 nitrogen and oxygen atoms in total. The van der Waals surface area contributed by atoms with Crippen molar-refractivity contribution in [2.75, 3.05) is 13.1 Å². The Morgan fingerprint density at radius 2 is 2.04 bits per heavy atom. The number of nitrogens with one attached hydrogen (secondary N) is 1. The minimum Gasteiger partial charge on any atom is -0.355 e. The highest BCUT2D eigenvalue weighted by Gasteiger charge is 2.44. The third-order valence-corrected chi connectivity index (χ3v) is 5.62. The van der Waals surface area contributed by atoms with E-state index in [1.165, 1.54) is 12.8 Å². The maximum Gasteiger partial charge on any atom is 0.226 e. The number of fused-ring (bicyclic) bond motifs is 1. The Bertz CT molecular complexity index is 664. The zero-order valence-electron chi connectivity index (χ0n) is 14.5. The Balaban J connectivity index is 1.40. The van der Waals surface area contributed by atoms with Crippen LogP contribution in [0.2, 0.25) is 0 Å². The van der Waals surface area contributed by atoms with E-state index in [0.29, 0.717) is 18.3 Å². The van der Waals surface area contributed by atoms with Gasteiger partial charge in [-0.15, -0.1) is 0 Å². The van der Waals surface area contributed by atoms with Crippen molar-refractivity contribution in [1.29, 1.82) is 0 Å². The van der Waals surface area contributed by atoms with Gasteiger partial charge in [-0.2, -0.15) is 0 Å². The van der Waals surface area contributed by atoms with Crippen molar-refractivity contribution in [3.05, 3.63) is 17.7 Å². The lowest BCUT2D eigenvalue weighted by Gasteiger charge is -2.34. The van der Waals surface area contributed by atoms with Crippen molar-refractivity contribution in [3.8, 4) is 0 Å². The zero-order chi connectivity index (χ0) is 16.8. The van der Waals surface area contributed by atoms with Gasteiger partial charge in [-0.25, -0.2) is 4.98 Å². The lowest BCUT2D eigenvalue weighted by Crippen LogP contribution is -2.42. The van der Waals surface area contributed by atoms with Crippen LogP contribution in [0.25, 0.3) is 0 Å². The first-order chi connectivity index (χ1) is 11.5. The van der Waals surface area contributed by atoms with Crippen LogP contribution < -0.4 is 5.32 Å². The molecule has 6 heteroatoms. The summed E-state index contributed by atoms with van der Waals surface area (Å²) in [5, 5.41) is 2.99. The molecule has 1 N–H and O–H groups in total. The molecule has 2 aliphatic carbocycles. The highest BCUT2D eigenvalue weighted by atomic mass is 16.2. The van der Waals surface area contributed by atoms with Crippen LogP contribution in [0.4, 0.5) is 0 Å². The summed E-state index contributed by atoms with van der Waals surface area (Å²) in [6, 6.07) is -0.0117. The van der Waals surface area contributed by atoms with Crippen LogP contribution in [0.1, 0.15) is 50.7 Å². The quantitative estimate of drug-likeness (QED) is 0.890. The summed E-state index contributed by atoms with van der Waals surface area (Å²) in [4.78, 5) is 31.2. The molecule has 0 radical (unpaired) electrons. The number of imidazole rings is 1. The molecule has 130 valence electrons. The van der Waals surface area contributed by atoms with E-state index in [-0.39, 0.29) is 23.8 Å². The number of carbonyl (C=O) groups excluding carboxylic acids is 2. The van der Waals surface area contributed by atoms with E-state index in [9.17, 15) is 9.59 Å². The molecule has 24 heavy (non-hydrogen) atoms. The van der Waals surface area contributed by atoms with E-state index in [0.717, 1.165) is 37.6 Å². The number of amides is 2. The van der Waals surface area contributed by atoms with E-state index in [4.69, 9.17) is 0 Å². The second-order valence-corrected chi connectivity index (χ2v) is 7.74. The average Bonchev–Trinajstić information content (AvgIpc) is 3.45. The summed E-state index contributed by atoms with van der Waals surface area (Å²) < 4.78 is 2.11.